The number of carbonyl (C=O) groups excluding carboxylic acids is 2. The summed E-state index contributed by atoms with van der Waals surface area (Å²) in [6.07, 6.45) is 0. The highest BCUT2D eigenvalue weighted by molar-refractivity contribution is 6.05. The number of amides is 2. The molecule has 0 aliphatic heterocycles. The fraction of sp³-hybridized carbons (Fsp3) is 0.125. The van der Waals surface area contributed by atoms with Crippen molar-refractivity contribution in [2.75, 3.05) is 10.6 Å². The van der Waals surface area contributed by atoms with Crippen molar-refractivity contribution in [2.45, 2.75) is 13.8 Å². The molecule has 2 amide bonds. The van der Waals surface area contributed by atoms with Crippen molar-refractivity contribution >= 4 is 23.2 Å². The predicted molar refractivity (Wildman–Crippen MR) is 81.5 cm³/mol. The molecule has 0 saturated carbocycles. The second-order valence-electron chi connectivity index (χ2n) is 4.72. The van der Waals surface area contributed by atoms with Crippen LogP contribution in [-0.2, 0) is 4.79 Å². The molecule has 0 fully saturated rings. The molecule has 3 N–H and O–H groups in total. The zero-order valence-corrected chi connectivity index (χ0v) is 11.8. The van der Waals surface area contributed by atoms with Gasteiger partial charge in [-0.05, 0) is 42.8 Å². The van der Waals surface area contributed by atoms with Crippen LogP contribution in [0.3, 0.4) is 0 Å². The van der Waals surface area contributed by atoms with Crippen molar-refractivity contribution in [3.8, 4) is 5.75 Å². The number of phenols is 1. The van der Waals surface area contributed by atoms with E-state index in [2.05, 4.69) is 10.6 Å². The minimum absolute atomic E-state index is 0.0784. The zero-order valence-electron chi connectivity index (χ0n) is 11.8. The van der Waals surface area contributed by atoms with E-state index >= 15 is 0 Å². The van der Waals surface area contributed by atoms with Crippen LogP contribution < -0.4 is 10.6 Å². The van der Waals surface area contributed by atoms with Crippen LogP contribution in [0.25, 0.3) is 0 Å². The lowest BCUT2D eigenvalue weighted by Crippen LogP contribution is -2.12. The van der Waals surface area contributed by atoms with Gasteiger partial charge in [-0.3, -0.25) is 9.59 Å². The lowest BCUT2D eigenvalue weighted by atomic mass is 10.1. The molecule has 0 saturated heterocycles. The summed E-state index contributed by atoms with van der Waals surface area (Å²) in [6, 6.07) is 11.6. The van der Waals surface area contributed by atoms with Gasteiger partial charge in [0.15, 0.2) is 0 Å². The van der Waals surface area contributed by atoms with E-state index in [4.69, 9.17) is 0 Å². The number of hydrogen-bond donors (Lipinski definition) is 3. The first-order valence-electron chi connectivity index (χ1n) is 6.44. The van der Waals surface area contributed by atoms with E-state index in [-0.39, 0.29) is 17.6 Å². The molecule has 2 aromatic carbocycles. The van der Waals surface area contributed by atoms with Crippen LogP contribution in [-0.4, -0.2) is 16.9 Å². The van der Waals surface area contributed by atoms with E-state index in [0.29, 0.717) is 22.5 Å². The molecule has 5 heteroatoms. The van der Waals surface area contributed by atoms with Crippen molar-refractivity contribution < 1.29 is 14.7 Å². The third-order valence-corrected chi connectivity index (χ3v) is 2.91. The second kappa shape index (κ2) is 6.09. The summed E-state index contributed by atoms with van der Waals surface area (Å²) in [5, 5.41) is 15.0. The van der Waals surface area contributed by atoms with Gasteiger partial charge in [-0.1, -0.05) is 12.1 Å². The Balaban J connectivity index is 2.15. The molecule has 0 bridgehead atoms. The molecule has 0 unspecified atom stereocenters. The van der Waals surface area contributed by atoms with Crippen molar-refractivity contribution in [1.29, 1.82) is 0 Å². The lowest BCUT2D eigenvalue weighted by molar-refractivity contribution is -0.114. The fourth-order valence-electron chi connectivity index (χ4n) is 1.83. The maximum Gasteiger partial charge on any atom is 0.255 e. The summed E-state index contributed by atoms with van der Waals surface area (Å²) in [6.45, 7) is 3.17. The van der Waals surface area contributed by atoms with Gasteiger partial charge < -0.3 is 15.7 Å². The van der Waals surface area contributed by atoms with E-state index in [1.807, 2.05) is 0 Å². The van der Waals surface area contributed by atoms with E-state index in [1.54, 1.807) is 43.3 Å². The molecule has 5 nitrogen and oxygen atoms in total. The SMILES string of the molecule is CC(=O)Nc1cccc(NC(=O)c2ccc(C)c(O)c2)c1. The zero-order chi connectivity index (χ0) is 15.4. The standard InChI is InChI=1S/C16H16N2O3/c1-10-6-7-12(8-15(10)20)16(21)18-14-5-3-4-13(9-14)17-11(2)19/h3-9,20H,1-2H3,(H,17,19)(H,18,21). The summed E-state index contributed by atoms with van der Waals surface area (Å²) < 4.78 is 0. The number of benzene rings is 2. The van der Waals surface area contributed by atoms with Crippen LogP contribution in [0.15, 0.2) is 42.5 Å². The summed E-state index contributed by atoms with van der Waals surface area (Å²) in [5.41, 5.74) is 2.24. The van der Waals surface area contributed by atoms with E-state index in [1.165, 1.54) is 13.0 Å². The topological polar surface area (TPSA) is 78.4 Å². The van der Waals surface area contributed by atoms with Crippen molar-refractivity contribution in [1.82, 2.24) is 0 Å². The molecule has 2 rings (SSSR count). The maximum absolute atomic E-state index is 12.1. The van der Waals surface area contributed by atoms with Crippen molar-refractivity contribution in [3.05, 3.63) is 53.6 Å². The molecule has 108 valence electrons. The molecule has 0 heterocycles. The van der Waals surface area contributed by atoms with Gasteiger partial charge in [0.2, 0.25) is 5.91 Å². The minimum Gasteiger partial charge on any atom is -0.508 e. The number of aryl methyl sites for hydroxylation is 1. The Hall–Kier alpha value is -2.82. The first-order chi connectivity index (χ1) is 9.95. The van der Waals surface area contributed by atoms with E-state index < -0.39 is 0 Å². The van der Waals surface area contributed by atoms with Crippen LogP contribution in [0.2, 0.25) is 0 Å². The summed E-state index contributed by atoms with van der Waals surface area (Å²) in [7, 11) is 0. The molecule has 21 heavy (non-hydrogen) atoms. The number of rotatable bonds is 3. The van der Waals surface area contributed by atoms with Crippen LogP contribution in [0.1, 0.15) is 22.8 Å². The quantitative estimate of drug-likeness (QED) is 0.811. The number of aromatic hydroxyl groups is 1. The highest BCUT2D eigenvalue weighted by Gasteiger charge is 2.08. The first-order valence-corrected chi connectivity index (χ1v) is 6.44. The Morgan fingerprint density at radius 3 is 2.29 bits per heavy atom. The van der Waals surface area contributed by atoms with Crippen molar-refractivity contribution in [3.63, 3.8) is 0 Å². The normalized spacial score (nSPS) is 10.0. The highest BCUT2D eigenvalue weighted by Crippen LogP contribution is 2.20. The van der Waals surface area contributed by atoms with Gasteiger partial charge in [0.1, 0.15) is 5.75 Å². The van der Waals surface area contributed by atoms with E-state index in [0.717, 1.165) is 0 Å². The average molecular weight is 284 g/mol. The van der Waals surface area contributed by atoms with Crippen molar-refractivity contribution in [2.24, 2.45) is 0 Å². The molecule has 2 aromatic rings. The number of phenolic OH excluding ortho intramolecular Hbond substituents is 1. The van der Waals surface area contributed by atoms with E-state index in [9.17, 15) is 14.7 Å². The van der Waals surface area contributed by atoms with Gasteiger partial charge in [-0.2, -0.15) is 0 Å². The van der Waals surface area contributed by atoms with Crippen LogP contribution in [0, 0.1) is 6.92 Å². The molecule has 0 radical (unpaired) electrons. The predicted octanol–water partition coefficient (Wildman–Crippen LogP) is 2.91. The molecule has 0 aliphatic rings. The Bertz CT molecular complexity index is 696. The minimum atomic E-state index is -0.328. The molecular formula is C16H16N2O3. The Kier molecular flexibility index (Phi) is 4.23. The molecule has 0 aliphatic carbocycles. The second-order valence-corrected chi connectivity index (χ2v) is 4.72. The van der Waals surface area contributed by atoms with Gasteiger partial charge in [-0.15, -0.1) is 0 Å². The van der Waals surface area contributed by atoms with Gasteiger partial charge in [0, 0.05) is 23.9 Å². The number of nitrogens with one attached hydrogen (secondary N) is 2. The lowest BCUT2D eigenvalue weighted by Gasteiger charge is -2.08. The fourth-order valence-corrected chi connectivity index (χ4v) is 1.83. The van der Waals surface area contributed by atoms with Gasteiger partial charge in [0.05, 0.1) is 0 Å². The highest BCUT2D eigenvalue weighted by atomic mass is 16.3. The smallest absolute Gasteiger partial charge is 0.255 e. The third-order valence-electron chi connectivity index (χ3n) is 2.91. The Morgan fingerprint density at radius 1 is 1.00 bits per heavy atom. The summed E-state index contributed by atoms with van der Waals surface area (Å²) >= 11 is 0. The van der Waals surface area contributed by atoms with Crippen LogP contribution in [0.5, 0.6) is 5.75 Å². The molecular weight excluding hydrogens is 268 g/mol. The van der Waals surface area contributed by atoms with Gasteiger partial charge in [-0.25, -0.2) is 0 Å². The summed E-state index contributed by atoms with van der Waals surface area (Å²) in [4.78, 5) is 23.1. The average Bonchev–Trinajstić information content (AvgIpc) is 2.41. The number of anilines is 2. The van der Waals surface area contributed by atoms with Crippen LogP contribution in [0.4, 0.5) is 11.4 Å². The Morgan fingerprint density at radius 2 is 1.67 bits per heavy atom. The summed E-state index contributed by atoms with van der Waals surface area (Å²) in [5.74, 6) is -0.429. The third kappa shape index (κ3) is 3.82. The molecule has 0 aromatic heterocycles. The molecule has 0 spiro atoms. The largest absolute Gasteiger partial charge is 0.508 e. The van der Waals surface area contributed by atoms with Gasteiger partial charge >= 0.3 is 0 Å². The molecule has 0 atom stereocenters. The first kappa shape index (κ1) is 14.6. The van der Waals surface area contributed by atoms with Crippen LogP contribution >= 0.6 is 0 Å². The number of hydrogen-bond acceptors (Lipinski definition) is 3. The Labute approximate surface area is 122 Å². The maximum atomic E-state index is 12.1. The monoisotopic (exact) mass is 284 g/mol. The number of carbonyl (C=O) groups is 2. The van der Waals surface area contributed by atoms with Gasteiger partial charge in [0.25, 0.3) is 5.91 Å².